The van der Waals surface area contributed by atoms with Crippen LogP contribution in [0.15, 0.2) is 18.5 Å². The highest BCUT2D eigenvalue weighted by molar-refractivity contribution is 5.94. The number of hydrogen-bond acceptors (Lipinski definition) is 4. The Bertz CT molecular complexity index is 373. The van der Waals surface area contributed by atoms with Crippen molar-refractivity contribution in [2.75, 3.05) is 26.3 Å². The fraction of sp³-hybridized carbons (Fsp3) is 0.455. The van der Waals surface area contributed by atoms with Gasteiger partial charge in [-0.05, 0) is 12.5 Å². The molecule has 1 amide bonds. The van der Waals surface area contributed by atoms with Crippen LogP contribution in [0.2, 0.25) is 0 Å². The first-order valence-electron chi connectivity index (χ1n) is 5.28. The van der Waals surface area contributed by atoms with Gasteiger partial charge in [0.15, 0.2) is 0 Å². The molecule has 0 saturated carbocycles. The van der Waals surface area contributed by atoms with E-state index in [-0.39, 0.29) is 11.7 Å². The van der Waals surface area contributed by atoms with Crippen LogP contribution in [0.5, 0.6) is 5.75 Å². The number of aromatic hydroxyl groups is 1. The number of amides is 1. The van der Waals surface area contributed by atoms with Gasteiger partial charge in [0.25, 0.3) is 5.91 Å². The largest absolute Gasteiger partial charge is 0.506 e. The topological polar surface area (TPSA) is 62.7 Å². The molecule has 1 aliphatic heterocycles. The van der Waals surface area contributed by atoms with Gasteiger partial charge in [0.1, 0.15) is 5.75 Å². The second kappa shape index (κ2) is 4.94. The Morgan fingerprint density at radius 3 is 3.06 bits per heavy atom. The van der Waals surface area contributed by atoms with E-state index in [0.29, 0.717) is 31.9 Å². The van der Waals surface area contributed by atoms with Crippen molar-refractivity contribution in [3.05, 3.63) is 24.0 Å². The zero-order valence-electron chi connectivity index (χ0n) is 8.93. The fourth-order valence-electron chi connectivity index (χ4n) is 1.68. The van der Waals surface area contributed by atoms with Crippen LogP contribution in [0, 0.1) is 0 Å². The Morgan fingerprint density at radius 1 is 1.38 bits per heavy atom. The second-order valence-electron chi connectivity index (χ2n) is 3.69. The molecule has 16 heavy (non-hydrogen) atoms. The highest BCUT2D eigenvalue weighted by atomic mass is 16.5. The fourth-order valence-corrected chi connectivity index (χ4v) is 1.68. The monoisotopic (exact) mass is 222 g/mol. The summed E-state index contributed by atoms with van der Waals surface area (Å²) >= 11 is 0. The van der Waals surface area contributed by atoms with Gasteiger partial charge in [-0.15, -0.1) is 0 Å². The van der Waals surface area contributed by atoms with E-state index in [4.69, 9.17) is 4.74 Å². The molecule has 0 unspecified atom stereocenters. The predicted molar refractivity (Wildman–Crippen MR) is 57.2 cm³/mol. The van der Waals surface area contributed by atoms with Crippen molar-refractivity contribution in [1.82, 2.24) is 9.88 Å². The molecule has 1 aromatic rings. The Labute approximate surface area is 93.7 Å². The third-order valence-electron chi connectivity index (χ3n) is 2.48. The summed E-state index contributed by atoms with van der Waals surface area (Å²) in [4.78, 5) is 17.5. The molecule has 0 spiro atoms. The molecule has 5 nitrogen and oxygen atoms in total. The van der Waals surface area contributed by atoms with Crippen molar-refractivity contribution in [2.24, 2.45) is 0 Å². The van der Waals surface area contributed by atoms with Crippen LogP contribution in [-0.2, 0) is 4.74 Å². The number of hydrogen-bond donors (Lipinski definition) is 1. The first-order chi connectivity index (χ1) is 7.77. The molecule has 86 valence electrons. The van der Waals surface area contributed by atoms with Crippen LogP contribution < -0.4 is 0 Å². The van der Waals surface area contributed by atoms with Gasteiger partial charge >= 0.3 is 0 Å². The van der Waals surface area contributed by atoms with Crippen LogP contribution in [-0.4, -0.2) is 47.2 Å². The van der Waals surface area contributed by atoms with Gasteiger partial charge in [0.2, 0.25) is 0 Å². The number of pyridine rings is 1. The quantitative estimate of drug-likeness (QED) is 0.757. The van der Waals surface area contributed by atoms with Crippen LogP contribution in [0.25, 0.3) is 0 Å². The van der Waals surface area contributed by atoms with Crippen LogP contribution >= 0.6 is 0 Å². The van der Waals surface area contributed by atoms with Gasteiger partial charge in [0.05, 0.1) is 18.4 Å². The SMILES string of the molecule is O=C(c1cncc(O)c1)N1CCCOCC1. The van der Waals surface area contributed by atoms with Gasteiger partial charge in [0, 0.05) is 25.9 Å². The number of carbonyl (C=O) groups is 1. The summed E-state index contributed by atoms with van der Waals surface area (Å²) in [5.74, 6) is -0.0918. The number of nitrogens with zero attached hydrogens (tertiary/aromatic N) is 2. The maximum Gasteiger partial charge on any atom is 0.255 e. The molecule has 1 fully saturated rings. The summed E-state index contributed by atoms with van der Waals surface area (Å²) in [6, 6.07) is 1.43. The molecule has 2 rings (SSSR count). The zero-order chi connectivity index (χ0) is 11.4. The summed E-state index contributed by atoms with van der Waals surface area (Å²) in [5, 5.41) is 9.26. The Hall–Kier alpha value is -1.62. The second-order valence-corrected chi connectivity index (χ2v) is 3.69. The van der Waals surface area contributed by atoms with Crippen molar-refractivity contribution < 1.29 is 14.6 Å². The number of rotatable bonds is 1. The summed E-state index contributed by atoms with van der Waals surface area (Å²) in [7, 11) is 0. The van der Waals surface area contributed by atoms with Gasteiger partial charge < -0.3 is 14.7 Å². The highest BCUT2D eigenvalue weighted by Crippen LogP contribution is 2.12. The van der Waals surface area contributed by atoms with E-state index in [1.807, 2.05) is 0 Å². The third-order valence-corrected chi connectivity index (χ3v) is 2.48. The molecule has 1 aromatic heterocycles. The van der Waals surface area contributed by atoms with Crippen LogP contribution in [0.1, 0.15) is 16.8 Å². The van der Waals surface area contributed by atoms with E-state index in [0.717, 1.165) is 6.42 Å². The number of carbonyl (C=O) groups excluding carboxylic acids is 1. The van der Waals surface area contributed by atoms with Gasteiger partial charge in [-0.1, -0.05) is 0 Å². The molecule has 0 aliphatic carbocycles. The smallest absolute Gasteiger partial charge is 0.255 e. The van der Waals surface area contributed by atoms with Crippen LogP contribution in [0.4, 0.5) is 0 Å². The number of ether oxygens (including phenoxy) is 1. The Kier molecular flexibility index (Phi) is 3.36. The van der Waals surface area contributed by atoms with Gasteiger partial charge in [-0.3, -0.25) is 9.78 Å². The van der Waals surface area contributed by atoms with Crippen molar-refractivity contribution in [3.63, 3.8) is 0 Å². The Balaban J connectivity index is 2.11. The maximum atomic E-state index is 12.0. The van der Waals surface area contributed by atoms with E-state index in [2.05, 4.69) is 4.98 Å². The predicted octanol–water partition coefficient (Wildman–Crippen LogP) is 0.650. The van der Waals surface area contributed by atoms with Crippen molar-refractivity contribution in [2.45, 2.75) is 6.42 Å². The van der Waals surface area contributed by atoms with E-state index in [1.54, 1.807) is 4.90 Å². The van der Waals surface area contributed by atoms with E-state index >= 15 is 0 Å². The lowest BCUT2D eigenvalue weighted by atomic mass is 10.2. The minimum absolute atomic E-state index is 0.0110. The molecular weight excluding hydrogens is 208 g/mol. The van der Waals surface area contributed by atoms with E-state index in [1.165, 1.54) is 18.5 Å². The van der Waals surface area contributed by atoms with Crippen LogP contribution in [0.3, 0.4) is 0 Å². The van der Waals surface area contributed by atoms with Crippen molar-refractivity contribution >= 4 is 5.91 Å². The van der Waals surface area contributed by atoms with Gasteiger partial charge in [-0.2, -0.15) is 0 Å². The summed E-state index contributed by atoms with van der Waals surface area (Å²) in [6.45, 7) is 2.54. The molecule has 5 heteroatoms. The maximum absolute atomic E-state index is 12.0. The molecule has 0 atom stereocenters. The summed E-state index contributed by atoms with van der Waals surface area (Å²) in [5.41, 5.74) is 0.418. The van der Waals surface area contributed by atoms with Crippen molar-refractivity contribution in [3.8, 4) is 5.75 Å². The van der Waals surface area contributed by atoms with E-state index < -0.39 is 0 Å². The molecular formula is C11H14N2O3. The first kappa shape index (κ1) is 10.9. The molecule has 0 bridgehead atoms. The highest BCUT2D eigenvalue weighted by Gasteiger charge is 2.17. The average molecular weight is 222 g/mol. The lowest BCUT2D eigenvalue weighted by Crippen LogP contribution is -2.33. The molecule has 0 radical (unpaired) electrons. The Morgan fingerprint density at radius 2 is 2.25 bits per heavy atom. The molecule has 1 N–H and O–H groups in total. The molecule has 1 aliphatic rings. The summed E-state index contributed by atoms with van der Waals surface area (Å²) in [6.07, 6.45) is 3.62. The minimum atomic E-state index is -0.103. The standard InChI is InChI=1S/C11H14N2O3/c14-10-6-9(7-12-8-10)11(15)13-2-1-4-16-5-3-13/h6-8,14H,1-5H2. The molecule has 0 aromatic carbocycles. The molecule has 2 heterocycles. The lowest BCUT2D eigenvalue weighted by Gasteiger charge is -2.19. The van der Waals surface area contributed by atoms with E-state index in [9.17, 15) is 9.90 Å². The first-order valence-corrected chi connectivity index (χ1v) is 5.28. The number of aromatic nitrogens is 1. The normalized spacial score (nSPS) is 16.9. The minimum Gasteiger partial charge on any atom is -0.506 e. The average Bonchev–Trinajstić information content (AvgIpc) is 2.56. The third kappa shape index (κ3) is 2.49. The zero-order valence-corrected chi connectivity index (χ0v) is 8.93. The lowest BCUT2D eigenvalue weighted by molar-refractivity contribution is 0.0740. The molecule has 1 saturated heterocycles. The van der Waals surface area contributed by atoms with Gasteiger partial charge in [-0.25, -0.2) is 0 Å². The summed E-state index contributed by atoms with van der Waals surface area (Å²) < 4.78 is 5.28. The van der Waals surface area contributed by atoms with Crippen molar-refractivity contribution in [1.29, 1.82) is 0 Å².